The van der Waals surface area contributed by atoms with Gasteiger partial charge < -0.3 is 15.4 Å². The average Bonchev–Trinajstić information content (AvgIpc) is 2.14. The van der Waals surface area contributed by atoms with E-state index in [-0.39, 0.29) is 24.8 Å². The molecule has 0 aliphatic heterocycles. The van der Waals surface area contributed by atoms with Gasteiger partial charge in [-0.15, -0.1) is 24.8 Å². The van der Waals surface area contributed by atoms with Crippen molar-refractivity contribution in [3.8, 4) is 0 Å². The molecule has 0 aromatic heterocycles. The van der Waals surface area contributed by atoms with E-state index >= 15 is 0 Å². The molecule has 0 rings (SSSR count). The van der Waals surface area contributed by atoms with Crippen LogP contribution in [0.1, 0.15) is 26.7 Å². The minimum atomic E-state index is 0. The molecule has 5 heteroatoms. The first-order chi connectivity index (χ1) is 6.57. The van der Waals surface area contributed by atoms with Gasteiger partial charge in [0.2, 0.25) is 0 Å². The summed E-state index contributed by atoms with van der Waals surface area (Å²) in [4.78, 5) is 2.29. The third-order valence-electron chi connectivity index (χ3n) is 2.61. The van der Waals surface area contributed by atoms with Gasteiger partial charge >= 0.3 is 0 Å². The zero-order valence-electron chi connectivity index (χ0n) is 10.9. The van der Waals surface area contributed by atoms with Gasteiger partial charge in [0.15, 0.2) is 0 Å². The predicted molar refractivity (Wildman–Crippen MR) is 75.9 cm³/mol. The van der Waals surface area contributed by atoms with Crippen LogP contribution >= 0.6 is 24.8 Å². The van der Waals surface area contributed by atoms with Crippen molar-refractivity contribution in [1.82, 2.24) is 4.90 Å². The number of likely N-dealkylation sites (N-methyl/N-ethyl adjacent to an activating group) is 1. The Kier molecular flexibility index (Phi) is 18.4. The summed E-state index contributed by atoms with van der Waals surface area (Å²) < 4.78 is 5.01. The molecule has 1 atom stereocenters. The Morgan fingerprint density at radius 3 is 2.19 bits per heavy atom. The Morgan fingerprint density at radius 2 is 1.75 bits per heavy atom. The van der Waals surface area contributed by atoms with Crippen LogP contribution in [0.5, 0.6) is 0 Å². The summed E-state index contributed by atoms with van der Waals surface area (Å²) >= 11 is 0. The first kappa shape index (κ1) is 21.7. The van der Waals surface area contributed by atoms with Crippen LogP contribution in [0.15, 0.2) is 0 Å². The van der Waals surface area contributed by atoms with Crippen molar-refractivity contribution >= 4 is 24.8 Å². The molecule has 0 saturated carbocycles. The first-order valence-corrected chi connectivity index (χ1v) is 5.51. The second kappa shape index (κ2) is 13.5. The molecule has 0 fully saturated rings. The highest BCUT2D eigenvalue weighted by molar-refractivity contribution is 5.85. The van der Waals surface area contributed by atoms with Gasteiger partial charge in [-0.05, 0) is 32.4 Å². The van der Waals surface area contributed by atoms with E-state index in [1.165, 1.54) is 6.42 Å². The summed E-state index contributed by atoms with van der Waals surface area (Å²) in [5, 5.41) is 0. The third-order valence-corrected chi connectivity index (χ3v) is 2.61. The second-order valence-electron chi connectivity index (χ2n) is 4.35. The number of hydrogen-bond donors (Lipinski definition) is 1. The quantitative estimate of drug-likeness (QED) is 0.738. The molecule has 3 nitrogen and oxygen atoms in total. The molecular weight excluding hydrogens is 247 g/mol. The second-order valence-corrected chi connectivity index (χ2v) is 4.35. The molecule has 0 aliphatic carbocycles. The van der Waals surface area contributed by atoms with Crippen molar-refractivity contribution < 1.29 is 4.74 Å². The zero-order valence-corrected chi connectivity index (χ0v) is 12.6. The number of rotatable bonds is 8. The Bertz CT molecular complexity index is 137. The topological polar surface area (TPSA) is 38.5 Å². The Balaban J connectivity index is -0.000000845. The van der Waals surface area contributed by atoms with E-state index in [1.807, 2.05) is 0 Å². The summed E-state index contributed by atoms with van der Waals surface area (Å²) in [6.45, 7) is 7.29. The SMILES string of the molecule is COCCN(C)CCC[C@@H](N)C(C)C.Cl.Cl. The molecule has 0 aromatic rings. The van der Waals surface area contributed by atoms with Gasteiger partial charge in [0.25, 0.3) is 0 Å². The normalized spacial score (nSPS) is 12.2. The Hall–Kier alpha value is 0.460. The highest BCUT2D eigenvalue weighted by Gasteiger charge is 2.07. The van der Waals surface area contributed by atoms with Crippen LogP contribution in [0.2, 0.25) is 0 Å². The van der Waals surface area contributed by atoms with E-state index in [1.54, 1.807) is 7.11 Å². The molecule has 102 valence electrons. The highest BCUT2D eigenvalue weighted by Crippen LogP contribution is 2.05. The van der Waals surface area contributed by atoms with E-state index in [4.69, 9.17) is 10.5 Å². The van der Waals surface area contributed by atoms with Gasteiger partial charge in [0, 0.05) is 19.7 Å². The lowest BCUT2D eigenvalue weighted by molar-refractivity contribution is 0.159. The summed E-state index contributed by atoms with van der Waals surface area (Å²) in [5.41, 5.74) is 5.96. The molecule has 0 amide bonds. The van der Waals surface area contributed by atoms with Crippen LogP contribution in [0.4, 0.5) is 0 Å². The summed E-state index contributed by atoms with van der Waals surface area (Å²) in [7, 11) is 3.86. The lowest BCUT2D eigenvalue weighted by Crippen LogP contribution is -2.29. The largest absolute Gasteiger partial charge is 0.383 e. The summed E-state index contributed by atoms with van der Waals surface area (Å²) in [6, 6.07) is 0.353. The maximum Gasteiger partial charge on any atom is 0.0589 e. The third kappa shape index (κ3) is 12.5. The molecule has 0 aromatic carbocycles. The van der Waals surface area contributed by atoms with Gasteiger partial charge in [0.1, 0.15) is 0 Å². The molecule has 16 heavy (non-hydrogen) atoms. The first-order valence-electron chi connectivity index (χ1n) is 5.51. The van der Waals surface area contributed by atoms with Crippen LogP contribution in [0.25, 0.3) is 0 Å². The average molecular weight is 275 g/mol. The fourth-order valence-electron chi connectivity index (χ4n) is 1.29. The van der Waals surface area contributed by atoms with Crippen molar-refractivity contribution in [1.29, 1.82) is 0 Å². The van der Waals surface area contributed by atoms with E-state index in [0.717, 1.165) is 26.1 Å². The van der Waals surface area contributed by atoms with Crippen molar-refractivity contribution in [3.63, 3.8) is 0 Å². The number of halogens is 2. The van der Waals surface area contributed by atoms with Crippen molar-refractivity contribution in [2.75, 3.05) is 33.9 Å². The number of ether oxygens (including phenoxy) is 1. The number of methoxy groups -OCH3 is 1. The number of hydrogen-bond acceptors (Lipinski definition) is 3. The lowest BCUT2D eigenvalue weighted by atomic mass is 10.0. The maximum absolute atomic E-state index is 5.96. The molecule has 0 radical (unpaired) electrons. The standard InChI is InChI=1S/C11H26N2O.2ClH/c1-10(2)11(12)6-5-7-13(3)8-9-14-4;;/h10-11H,5-9,12H2,1-4H3;2*1H/t11-;;/m1../s1. The minimum absolute atomic E-state index is 0. The number of nitrogens with two attached hydrogens (primary N) is 1. The molecule has 0 unspecified atom stereocenters. The summed E-state index contributed by atoms with van der Waals surface area (Å²) in [5.74, 6) is 0.597. The van der Waals surface area contributed by atoms with Gasteiger partial charge in [-0.3, -0.25) is 0 Å². The van der Waals surface area contributed by atoms with Crippen LogP contribution < -0.4 is 5.73 Å². The molecule has 0 bridgehead atoms. The summed E-state index contributed by atoms with van der Waals surface area (Å²) in [6.07, 6.45) is 2.30. The predicted octanol–water partition coefficient (Wildman–Crippen LogP) is 2.17. The smallest absolute Gasteiger partial charge is 0.0589 e. The van der Waals surface area contributed by atoms with Gasteiger partial charge in [-0.1, -0.05) is 13.8 Å². The van der Waals surface area contributed by atoms with Crippen molar-refractivity contribution in [3.05, 3.63) is 0 Å². The number of nitrogens with zero attached hydrogens (tertiary/aromatic N) is 1. The van der Waals surface area contributed by atoms with Gasteiger partial charge in [0.05, 0.1) is 6.61 Å². The molecule has 0 spiro atoms. The van der Waals surface area contributed by atoms with Gasteiger partial charge in [-0.25, -0.2) is 0 Å². The molecule has 0 heterocycles. The van der Waals surface area contributed by atoms with Crippen LogP contribution in [-0.4, -0.2) is 44.8 Å². The van der Waals surface area contributed by atoms with Crippen molar-refractivity contribution in [2.45, 2.75) is 32.7 Å². The van der Waals surface area contributed by atoms with E-state index < -0.39 is 0 Å². The lowest BCUT2D eigenvalue weighted by Gasteiger charge is -2.19. The highest BCUT2D eigenvalue weighted by atomic mass is 35.5. The zero-order chi connectivity index (χ0) is 11.0. The fourth-order valence-corrected chi connectivity index (χ4v) is 1.29. The Labute approximate surface area is 113 Å². The van der Waals surface area contributed by atoms with Crippen LogP contribution in [0, 0.1) is 5.92 Å². The molecule has 0 saturated heterocycles. The molecule has 2 N–H and O–H groups in total. The van der Waals surface area contributed by atoms with E-state index in [0.29, 0.717) is 12.0 Å². The fraction of sp³-hybridized carbons (Fsp3) is 1.00. The maximum atomic E-state index is 5.96. The van der Waals surface area contributed by atoms with Crippen LogP contribution in [-0.2, 0) is 4.74 Å². The monoisotopic (exact) mass is 274 g/mol. The van der Waals surface area contributed by atoms with E-state index in [2.05, 4.69) is 25.8 Å². The molecule has 0 aliphatic rings. The van der Waals surface area contributed by atoms with E-state index in [9.17, 15) is 0 Å². The Morgan fingerprint density at radius 1 is 1.19 bits per heavy atom. The van der Waals surface area contributed by atoms with Crippen molar-refractivity contribution in [2.24, 2.45) is 11.7 Å². The molecular formula is C11H28Cl2N2O. The van der Waals surface area contributed by atoms with Gasteiger partial charge in [-0.2, -0.15) is 0 Å². The minimum Gasteiger partial charge on any atom is -0.383 e. The van der Waals surface area contributed by atoms with Crippen LogP contribution in [0.3, 0.4) is 0 Å².